The molecule has 1 unspecified atom stereocenters. The number of amides is 2. The van der Waals surface area contributed by atoms with Crippen LogP contribution in [0.4, 0.5) is 10.5 Å². The van der Waals surface area contributed by atoms with Crippen LogP contribution in [0, 0.1) is 12.3 Å². The third-order valence-electron chi connectivity index (χ3n) is 2.45. The molecule has 5 heteroatoms. The molecule has 0 aliphatic rings. The second-order valence-corrected chi connectivity index (χ2v) is 4.00. The Morgan fingerprint density at radius 3 is 2.79 bits per heavy atom. The maximum Gasteiger partial charge on any atom is 0.320 e. The highest BCUT2D eigenvalue weighted by Crippen LogP contribution is 2.11. The Morgan fingerprint density at radius 2 is 2.21 bits per heavy atom. The maximum atomic E-state index is 11.6. The molecule has 3 N–H and O–H groups in total. The standard InChI is InChI=1S/C14H16N2O3/c1-3-11(4-2)15-14(19)16-12-7-5-6-10(8-12)9-13(17)18/h1,5-8,11H,4,9H2,2H3,(H,17,18)(H2,15,16,19). The van der Waals surface area contributed by atoms with Crippen LogP contribution in [0.25, 0.3) is 0 Å². The van der Waals surface area contributed by atoms with Crippen molar-refractivity contribution < 1.29 is 14.7 Å². The van der Waals surface area contributed by atoms with Gasteiger partial charge in [-0.15, -0.1) is 6.42 Å². The largest absolute Gasteiger partial charge is 0.481 e. The SMILES string of the molecule is C#CC(CC)NC(=O)Nc1cccc(CC(=O)O)c1. The van der Waals surface area contributed by atoms with E-state index < -0.39 is 12.0 Å². The van der Waals surface area contributed by atoms with Gasteiger partial charge in [-0.2, -0.15) is 0 Å². The molecular formula is C14H16N2O3. The minimum atomic E-state index is -0.917. The van der Waals surface area contributed by atoms with Gasteiger partial charge in [0, 0.05) is 5.69 Å². The Hall–Kier alpha value is -2.48. The van der Waals surface area contributed by atoms with E-state index >= 15 is 0 Å². The number of hydrogen-bond donors (Lipinski definition) is 3. The van der Waals surface area contributed by atoms with Gasteiger partial charge < -0.3 is 15.7 Å². The zero-order valence-corrected chi connectivity index (χ0v) is 10.6. The van der Waals surface area contributed by atoms with E-state index in [4.69, 9.17) is 11.5 Å². The predicted molar refractivity (Wildman–Crippen MR) is 72.8 cm³/mol. The van der Waals surface area contributed by atoms with Gasteiger partial charge in [0.05, 0.1) is 12.5 Å². The summed E-state index contributed by atoms with van der Waals surface area (Å²) in [6.45, 7) is 1.87. The van der Waals surface area contributed by atoms with Crippen molar-refractivity contribution in [3.8, 4) is 12.3 Å². The van der Waals surface area contributed by atoms with E-state index in [0.29, 0.717) is 17.7 Å². The maximum absolute atomic E-state index is 11.6. The van der Waals surface area contributed by atoms with Gasteiger partial charge in [0.25, 0.3) is 0 Å². The van der Waals surface area contributed by atoms with Gasteiger partial charge in [-0.25, -0.2) is 4.79 Å². The van der Waals surface area contributed by atoms with E-state index in [-0.39, 0.29) is 12.5 Å². The first-order valence-corrected chi connectivity index (χ1v) is 5.89. The molecule has 0 fully saturated rings. The average Bonchev–Trinajstić information content (AvgIpc) is 2.35. The summed E-state index contributed by atoms with van der Waals surface area (Å²) >= 11 is 0. The van der Waals surface area contributed by atoms with E-state index in [2.05, 4.69) is 16.6 Å². The highest BCUT2D eigenvalue weighted by molar-refractivity contribution is 5.89. The molecule has 1 rings (SSSR count). The molecule has 0 bridgehead atoms. The van der Waals surface area contributed by atoms with Gasteiger partial charge in [0.2, 0.25) is 0 Å². The number of carboxylic acid groups (broad SMARTS) is 1. The highest BCUT2D eigenvalue weighted by atomic mass is 16.4. The minimum Gasteiger partial charge on any atom is -0.481 e. The molecule has 0 spiro atoms. The third-order valence-corrected chi connectivity index (χ3v) is 2.45. The lowest BCUT2D eigenvalue weighted by molar-refractivity contribution is -0.136. The summed E-state index contributed by atoms with van der Waals surface area (Å²) < 4.78 is 0. The number of aliphatic carboxylic acids is 1. The molecule has 2 amide bonds. The van der Waals surface area contributed by atoms with E-state index in [0.717, 1.165) is 0 Å². The van der Waals surface area contributed by atoms with Crippen LogP contribution >= 0.6 is 0 Å². The third kappa shape index (κ3) is 5.13. The molecule has 0 saturated carbocycles. The molecule has 1 aromatic rings. The van der Waals surface area contributed by atoms with Crippen LogP contribution in [0.3, 0.4) is 0 Å². The van der Waals surface area contributed by atoms with Crippen molar-refractivity contribution in [2.75, 3.05) is 5.32 Å². The van der Waals surface area contributed by atoms with Crippen molar-refractivity contribution in [2.24, 2.45) is 0 Å². The quantitative estimate of drug-likeness (QED) is 0.707. The molecule has 19 heavy (non-hydrogen) atoms. The Bertz CT molecular complexity index is 506. The summed E-state index contributed by atoms with van der Waals surface area (Å²) in [5.41, 5.74) is 1.15. The number of carboxylic acids is 1. The van der Waals surface area contributed by atoms with Crippen molar-refractivity contribution in [1.82, 2.24) is 5.32 Å². The molecule has 0 saturated heterocycles. The van der Waals surface area contributed by atoms with Crippen molar-refractivity contribution in [1.29, 1.82) is 0 Å². The van der Waals surface area contributed by atoms with E-state index in [9.17, 15) is 9.59 Å². The zero-order chi connectivity index (χ0) is 14.3. The lowest BCUT2D eigenvalue weighted by Gasteiger charge is -2.12. The molecule has 0 aliphatic carbocycles. The molecule has 1 aromatic carbocycles. The van der Waals surface area contributed by atoms with Gasteiger partial charge in [-0.1, -0.05) is 25.0 Å². The number of hydrogen-bond acceptors (Lipinski definition) is 2. The molecule has 0 aliphatic heterocycles. The highest BCUT2D eigenvalue weighted by Gasteiger charge is 2.08. The summed E-state index contributed by atoms with van der Waals surface area (Å²) in [6.07, 6.45) is 5.80. The van der Waals surface area contributed by atoms with E-state index in [1.807, 2.05) is 6.92 Å². The Balaban J connectivity index is 2.64. The topological polar surface area (TPSA) is 78.4 Å². The fourth-order valence-corrected chi connectivity index (χ4v) is 1.52. The van der Waals surface area contributed by atoms with Gasteiger partial charge in [-0.05, 0) is 24.1 Å². The predicted octanol–water partition coefficient (Wildman–Crippen LogP) is 1.85. The van der Waals surface area contributed by atoms with Gasteiger partial charge >= 0.3 is 12.0 Å². The summed E-state index contributed by atoms with van der Waals surface area (Å²) in [5.74, 6) is 1.54. The molecule has 0 aromatic heterocycles. The van der Waals surface area contributed by atoms with Crippen LogP contribution in [0.1, 0.15) is 18.9 Å². The van der Waals surface area contributed by atoms with E-state index in [1.165, 1.54) is 0 Å². The van der Waals surface area contributed by atoms with Crippen molar-refractivity contribution >= 4 is 17.7 Å². The van der Waals surface area contributed by atoms with Crippen molar-refractivity contribution in [3.05, 3.63) is 29.8 Å². The molecule has 100 valence electrons. The van der Waals surface area contributed by atoms with E-state index in [1.54, 1.807) is 24.3 Å². The number of terminal acetylenes is 1. The number of carbonyl (C=O) groups excluding carboxylic acids is 1. The lowest BCUT2D eigenvalue weighted by Crippen LogP contribution is -2.36. The Labute approximate surface area is 112 Å². The summed E-state index contributed by atoms with van der Waals surface area (Å²) in [4.78, 5) is 22.2. The second-order valence-electron chi connectivity index (χ2n) is 4.00. The average molecular weight is 260 g/mol. The summed E-state index contributed by atoms with van der Waals surface area (Å²) in [6, 6.07) is 5.95. The fraction of sp³-hybridized carbons (Fsp3) is 0.286. The number of rotatable bonds is 5. The number of anilines is 1. The second kappa shape index (κ2) is 7.07. The smallest absolute Gasteiger partial charge is 0.320 e. The van der Waals surface area contributed by atoms with Crippen LogP contribution in [-0.2, 0) is 11.2 Å². The molecule has 0 radical (unpaired) electrons. The lowest BCUT2D eigenvalue weighted by atomic mass is 10.1. The first kappa shape index (κ1) is 14.6. The molecular weight excluding hydrogens is 244 g/mol. The fourth-order valence-electron chi connectivity index (χ4n) is 1.52. The van der Waals surface area contributed by atoms with Gasteiger partial charge in [0.1, 0.15) is 0 Å². The monoisotopic (exact) mass is 260 g/mol. The van der Waals surface area contributed by atoms with Crippen molar-refractivity contribution in [2.45, 2.75) is 25.8 Å². The van der Waals surface area contributed by atoms with Gasteiger partial charge in [-0.3, -0.25) is 4.79 Å². The first-order valence-electron chi connectivity index (χ1n) is 5.89. The zero-order valence-electron chi connectivity index (χ0n) is 10.6. The number of nitrogens with one attached hydrogen (secondary N) is 2. The Morgan fingerprint density at radius 1 is 1.47 bits per heavy atom. The van der Waals surface area contributed by atoms with Crippen molar-refractivity contribution in [3.63, 3.8) is 0 Å². The minimum absolute atomic E-state index is 0.0842. The Kier molecular flexibility index (Phi) is 5.42. The molecule has 1 atom stereocenters. The number of carbonyl (C=O) groups is 2. The van der Waals surface area contributed by atoms with Crippen LogP contribution < -0.4 is 10.6 Å². The van der Waals surface area contributed by atoms with Crippen LogP contribution in [0.5, 0.6) is 0 Å². The van der Waals surface area contributed by atoms with Crippen LogP contribution in [0.15, 0.2) is 24.3 Å². The normalized spacial score (nSPS) is 11.2. The summed E-state index contributed by atoms with van der Waals surface area (Å²) in [7, 11) is 0. The first-order chi connectivity index (χ1) is 9.05. The van der Waals surface area contributed by atoms with Gasteiger partial charge in [0.15, 0.2) is 0 Å². The number of urea groups is 1. The van der Waals surface area contributed by atoms with Crippen LogP contribution in [0.2, 0.25) is 0 Å². The van der Waals surface area contributed by atoms with Crippen LogP contribution in [-0.4, -0.2) is 23.1 Å². The summed E-state index contributed by atoms with van der Waals surface area (Å²) in [5, 5.41) is 13.9. The number of benzene rings is 1. The molecule has 0 heterocycles. The molecule has 5 nitrogen and oxygen atoms in total.